The Balaban J connectivity index is 1.74. The number of benzene rings is 2. The van der Waals surface area contributed by atoms with Crippen molar-refractivity contribution in [2.45, 2.75) is 38.0 Å². The first kappa shape index (κ1) is 23.7. The van der Waals surface area contributed by atoms with E-state index >= 15 is 0 Å². The second-order valence-electron chi connectivity index (χ2n) is 8.85. The van der Waals surface area contributed by atoms with Crippen molar-refractivity contribution < 1.29 is 14.2 Å². The summed E-state index contributed by atoms with van der Waals surface area (Å²) < 4.78 is 17.0. The number of methoxy groups -OCH3 is 2. The number of rotatable bonds is 7. The number of nitrogens with zero attached hydrogens (tertiary/aromatic N) is 2. The number of likely N-dealkylation sites (N-methyl/N-ethyl adjacent to an activating group) is 1. The molecule has 2 N–H and O–H groups in total. The first-order valence-corrected chi connectivity index (χ1v) is 10.9. The van der Waals surface area contributed by atoms with Crippen molar-refractivity contribution in [2.24, 2.45) is 4.99 Å². The van der Waals surface area contributed by atoms with Gasteiger partial charge in [-0.15, -0.1) is 0 Å². The standard InChI is InChI=1S/C25H36N4O3/c1-25(2)15-19(18-10-8-9-11-21(18)32-25)28-24(26-3)27-16-20(29(4)5)17-12-13-22(30-6)23(14-17)31-7/h8-14,19-20H,15-16H2,1-7H3,(H2,26,27,28). The van der Waals surface area contributed by atoms with Gasteiger partial charge in [-0.05, 0) is 51.7 Å². The fourth-order valence-electron chi connectivity index (χ4n) is 4.14. The molecule has 2 atom stereocenters. The van der Waals surface area contributed by atoms with Crippen LogP contribution in [0.1, 0.15) is 43.5 Å². The van der Waals surface area contributed by atoms with Gasteiger partial charge in [0.15, 0.2) is 17.5 Å². The van der Waals surface area contributed by atoms with Crippen LogP contribution in [0.2, 0.25) is 0 Å². The van der Waals surface area contributed by atoms with E-state index in [9.17, 15) is 0 Å². The van der Waals surface area contributed by atoms with E-state index in [1.54, 1.807) is 21.3 Å². The van der Waals surface area contributed by atoms with Gasteiger partial charge in [0.05, 0.1) is 26.3 Å². The van der Waals surface area contributed by atoms with E-state index in [0.717, 1.165) is 40.8 Å². The summed E-state index contributed by atoms with van der Waals surface area (Å²) in [6, 6.07) is 14.5. The van der Waals surface area contributed by atoms with Gasteiger partial charge in [-0.1, -0.05) is 24.3 Å². The van der Waals surface area contributed by atoms with Crippen molar-refractivity contribution >= 4 is 5.96 Å². The Morgan fingerprint density at radius 2 is 1.88 bits per heavy atom. The van der Waals surface area contributed by atoms with Crippen molar-refractivity contribution in [2.75, 3.05) is 41.9 Å². The molecule has 0 bridgehead atoms. The maximum absolute atomic E-state index is 6.16. The maximum Gasteiger partial charge on any atom is 0.191 e. The number of guanidine groups is 1. The highest BCUT2D eigenvalue weighted by molar-refractivity contribution is 5.80. The van der Waals surface area contributed by atoms with E-state index in [0.29, 0.717) is 6.54 Å². The molecule has 0 fully saturated rings. The highest BCUT2D eigenvalue weighted by Crippen LogP contribution is 2.39. The Morgan fingerprint density at radius 1 is 1.16 bits per heavy atom. The predicted molar refractivity (Wildman–Crippen MR) is 129 cm³/mol. The number of para-hydroxylation sites is 1. The van der Waals surface area contributed by atoms with Crippen LogP contribution in [-0.4, -0.2) is 58.4 Å². The van der Waals surface area contributed by atoms with Crippen LogP contribution in [0.5, 0.6) is 17.2 Å². The Hall–Kier alpha value is -2.93. The molecule has 0 spiro atoms. The Kier molecular flexibility index (Phi) is 7.51. The van der Waals surface area contributed by atoms with Crippen LogP contribution < -0.4 is 24.8 Å². The van der Waals surface area contributed by atoms with Crippen molar-refractivity contribution in [3.8, 4) is 17.2 Å². The lowest BCUT2D eigenvalue weighted by atomic mass is 9.90. The minimum atomic E-state index is -0.253. The SMILES string of the molecule is CN=C(NCC(c1ccc(OC)c(OC)c1)N(C)C)NC1CC(C)(C)Oc2ccccc21. The monoisotopic (exact) mass is 440 g/mol. The minimum Gasteiger partial charge on any atom is -0.493 e. The number of hydrogen-bond donors (Lipinski definition) is 2. The number of ether oxygens (including phenoxy) is 3. The summed E-state index contributed by atoms with van der Waals surface area (Å²) >= 11 is 0. The first-order chi connectivity index (χ1) is 15.3. The summed E-state index contributed by atoms with van der Waals surface area (Å²) in [6.45, 7) is 4.91. The van der Waals surface area contributed by atoms with E-state index in [1.807, 2.05) is 30.3 Å². The summed E-state index contributed by atoms with van der Waals surface area (Å²) in [5.74, 6) is 3.13. The number of fused-ring (bicyclic) bond motifs is 1. The van der Waals surface area contributed by atoms with Gasteiger partial charge < -0.3 is 29.7 Å². The fourth-order valence-corrected chi connectivity index (χ4v) is 4.14. The summed E-state index contributed by atoms with van der Waals surface area (Å²) in [7, 11) is 9.23. The lowest BCUT2D eigenvalue weighted by Gasteiger charge is -2.38. The third-order valence-corrected chi connectivity index (χ3v) is 5.79. The zero-order valence-corrected chi connectivity index (χ0v) is 20.2. The Bertz CT molecular complexity index is 943. The molecule has 7 nitrogen and oxygen atoms in total. The molecule has 0 saturated heterocycles. The van der Waals surface area contributed by atoms with Crippen molar-refractivity contribution in [1.82, 2.24) is 15.5 Å². The van der Waals surface area contributed by atoms with Gasteiger partial charge >= 0.3 is 0 Å². The molecular formula is C25H36N4O3. The molecule has 174 valence electrons. The van der Waals surface area contributed by atoms with E-state index in [-0.39, 0.29) is 17.7 Å². The van der Waals surface area contributed by atoms with Gasteiger partial charge in [0, 0.05) is 25.6 Å². The predicted octanol–water partition coefficient (Wildman–Crippen LogP) is 3.77. The topological polar surface area (TPSA) is 67.4 Å². The van der Waals surface area contributed by atoms with Gasteiger partial charge in [0.25, 0.3) is 0 Å². The van der Waals surface area contributed by atoms with Gasteiger partial charge in [0.1, 0.15) is 11.4 Å². The highest BCUT2D eigenvalue weighted by Gasteiger charge is 2.34. The average molecular weight is 441 g/mol. The molecule has 2 aromatic rings. The van der Waals surface area contributed by atoms with Gasteiger partial charge in [-0.2, -0.15) is 0 Å². The number of aliphatic imine (C=N–C) groups is 1. The van der Waals surface area contributed by atoms with Crippen LogP contribution in [0.15, 0.2) is 47.5 Å². The third kappa shape index (κ3) is 5.46. The second kappa shape index (κ2) is 10.1. The Morgan fingerprint density at radius 3 is 2.53 bits per heavy atom. The fraction of sp³-hybridized carbons (Fsp3) is 0.480. The third-order valence-electron chi connectivity index (χ3n) is 5.79. The Labute approximate surface area is 191 Å². The molecule has 0 aromatic heterocycles. The van der Waals surface area contributed by atoms with Crippen LogP contribution in [0, 0.1) is 0 Å². The lowest BCUT2D eigenvalue weighted by Crippen LogP contribution is -2.46. The molecule has 3 rings (SSSR count). The molecule has 2 unspecified atom stereocenters. The first-order valence-electron chi connectivity index (χ1n) is 10.9. The smallest absolute Gasteiger partial charge is 0.191 e. The average Bonchev–Trinajstić information content (AvgIpc) is 2.77. The normalized spacial score (nSPS) is 18.4. The number of hydrogen-bond acceptors (Lipinski definition) is 5. The quantitative estimate of drug-likeness (QED) is 0.505. The molecule has 7 heteroatoms. The van der Waals surface area contributed by atoms with E-state index in [1.165, 1.54) is 0 Å². The molecular weight excluding hydrogens is 404 g/mol. The number of nitrogens with one attached hydrogen (secondary N) is 2. The second-order valence-corrected chi connectivity index (χ2v) is 8.85. The summed E-state index contributed by atoms with van der Waals surface area (Å²) in [6.07, 6.45) is 0.845. The van der Waals surface area contributed by atoms with Gasteiger partial charge in [-0.25, -0.2) is 0 Å². The molecule has 0 radical (unpaired) electrons. The molecule has 0 saturated carbocycles. The highest BCUT2D eigenvalue weighted by atomic mass is 16.5. The molecule has 32 heavy (non-hydrogen) atoms. The van der Waals surface area contributed by atoms with E-state index in [4.69, 9.17) is 14.2 Å². The van der Waals surface area contributed by atoms with Crippen molar-refractivity contribution in [1.29, 1.82) is 0 Å². The van der Waals surface area contributed by atoms with E-state index in [2.05, 4.69) is 60.6 Å². The van der Waals surface area contributed by atoms with Gasteiger partial charge in [-0.3, -0.25) is 4.99 Å². The molecule has 0 aliphatic carbocycles. The molecule has 0 amide bonds. The van der Waals surface area contributed by atoms with Crippen LogP contribution in [0.3, 0.4) is 0 Å². The van der Waals surface area contributed by atoms with Crippen LogP contribution in [-0.2, 0) is 0 Å². The zero-order chi connectivity index (χ0) is 23.3. The largest absolute Gasteiger partial charge is 0.493 e. The molecule has 1 heterocycles. The molecule has 1 aliphatic heterocycles. The van der Waals surface area contributed by atoms with Crippen molar-refractivity contribution in [3.63, 3.8) is 0 Å². The van der Waals surface area contributed by atoms with E-state index < -0.39 is 0 Å². The maximum atomic E-state index is 6.16. The van der Waals surface area contributed by atoms with Crippen LogP contribution in [0.25, 0.3) is 0 Å². The molecule has 1 aliphatic rings. The summed E-state index contributed by atoms with van der Waals surface area (Å²) in [5.41, 5.74) is 2.03. The van der Waals surface area contributed by atoms with Gasteiger partial charge in [0.2, 0.25) is 0 Å². The summed E-state index contributed by atoms with van der Waals surface area (Å²) in [5, 5.41) is 7.10. The van der Waals surface area contributed by atoms with Crippen LogP contribution >= 0.6 is 0 Å². The van der Waals surface area contributed by atoms with Crippen LogP contribution in [0.4, 0.5) is 0 Å². The summed E-state index contributed by atoms with van der Waals surface area (Å²) in [4.78, 5) is 6.65. The zero-order valence-electron chi connectivity index (χ0n) is 20.2. The molecule has 2 aromatic carbocycles. The lowest BCUT2D eigenvalue weighted by molar-refractivity contribution is 0.0694. The van der Waals surface area contributed by atoms with Crippen molar-refractivity contribution in [3.05, 3.63) is 53.6 Å². The minimum absolute atomic E-state index is 0.111.